The van der Waals surface area contributed by atoms with Crippen LogP contribution in [0.4, 0.5) is 0 Å². The Morgan fingerprint density at radius 3 is 1.50 bits per heavy atom. The van der Waals surface area contributed by atoms with E-state index >= 15 is 0 Å². The summed E-state index contributed by atoms with van der Waals surface area (Å²) in [7, 11) is 0. The number of hydrogen-bond acceptors (Lipinski definition) is 10. The number of thiophene rings is 4. The predicted molar refractivity (Wildman–Crippen MR) is 249 cm³/mol. The lowest BCUT2D eigenvalue weighted by Gasteiger charge is -2.01. The third kappa shape index (κ3) is 12.9. The maximum atomic E-state index is 11.7. The van der Waals surface area contributed by atoms with Gasteiger partial charge in [-0.15, -0.1) is 22.7 Å². The van der Waals surface area contributed by atoms with Gasteiger partial charge < -0.3 is 0 Å². The summed E-state index contributed by atoms with van der Waals surface area (Å²) in [6.45, 7) is 21.3. The second-order valence-corrected chi connectivity index (χ2v) is 19.4. The Morgan fingerprint density at radius 2 is 1.00 bits per heavy atom. The van der Waals surface area contributed by atoms with Crippen molar-refractivity contribution in [1.82, 2.24) is 29.8 Å². The smallest absolute Gasteiger partial charge is 0.267 e. The van der Waals surface area contributed by atoms with E-state index in [1.54, 1.807) is 75.9 Å². The lowest BCUT2D eigenvalue weighted by Crippen LogP contribution is -2.33. The molecule has 0 atom stereocenters. The standard InChI is InChI=1S/C12H14N2OS.C12H15N2S.C11H12N2OS.C11H13N2S/c1-8(2)10-5-7-12(16-10)14-11(15)6-4-9(3)13-14;1-9(2)11-6-7-12(15-11)14-8-4-5-10(3)13-14;1-8(2)9-5-6-11(15-9)13-10(14)4-3-7-12-13;1-9(2)10-5-6-11(14-10)13-8-4-3-7-12-13/h4-8H,1-3H3;4-9H,1-3H3;3-8H,1-2H3;3-9H,1-2H3/q;+1;;+1. The summed E-state index contributed by atoms with van der Waals surface area (Å²) >= 11 is 6.82. The molecule has 0 spiro atoms. The molecule has 8 aromatic rings. The first-order valence-corrected chi connectivity index (χ1v) is 23.2. The molecular formula is C46H54N8O2S4+2. The topological polar surface area (TPSA) is 103 Å². The average molecular weight is 879 g/mol. The van der Waals surface area contributed by atoms with Crippen molar-refractivity contribution >= 4 is 45.3 Å². The van der Waals surface area contributed by atoms with Crippen LogP contribution in [0.25, 0.3) is 20.0 Å². The van der Waals surface area contributed by atoms with Crippen molar-refractivity contribution in [3.63, 3.8) is 0 Å². The molecule has 0 saturated carbocycles. The number of aromatic nitrogens is 8. The molecule has 8 aromatic heterocycles. The van der Waals surface area contributed by atoms with Gasteiger partial charge in [-0.1, -0.05) is 78.1 Å². The summed E-state index contributed by atoms with van der Waals surface area (Å²) in [6.07, 6.45) is 7.38. The van der Waals surface area contributed by atoms with Crippen LogP contribution in [0.15, 0.2) is 131 Å². The van der Waals surface area contributed by atoms with Crippen molar-refractivity contribution in [3.8, 4) is 20.0 Å². The third-order valence-corrected chi connectivity index (χ3v) is 14.2. The largest absolute Gasteiger partial charge is 0.293 e. The van der Waals surface area contributed by atoms with Gasteiger partial charge in [0.25, 0.3) is 21.1 Å². The van der Waals surface area contributed by atoms with Crippen LogP contribution in [0.3, 0.4) is 0 Å². The van der Waals surface area contributed by atoms with E-state index in [0.29, 0.717) is 23.7 Å². The molecule has 0 N–H and O–H groups in total. The van der Waals surface area contributed by atoms with Crippen molar-refractivity contribution in [1.29, 1.82) is 0 Å². The van der Waals surface area contributed by atoms with Gasteiger partial charge in [0.2, 0.25) is 12.4 Å². The van der Waals surface area contributed by atoms with Gasteiger partial charge >= 0.3 is 0 Å². The monoisotopic (exact) mass is 878 g/mol. The normalized spacial score (nSPS) is 10.9. The van der Waals surface area contributed by atoms with Crippen LogP contribution < -0.4 is 20.5 Å². The highest BCUT2D eigenvalue weighted by Crippen LogP contribution is 2.27. The molecule has 60 heavy (non-hydrogen) atoms. The summed E-state index contributed by atoms with van der Waals surface area (Å²) in [5.41, 5.74) is 1.72. The maximum Gasteiger partial charge on any atom is 0.293 e. The summed E-state index contributed by atoms with van der Waals surface area (Å²) < 4.78 is 6.73. The Morgan fingerprint density at radius 1 is 0.483 bits per heavy atom. The molecule has 312 valence electrons. The molecule has 0 bridgehead atoms. The number of nitrogens with zero attached hydrogens (tertiary/aromatic N) is 8. The van der Waals surface area contributed by atoms with E-state index in [0.717, 1.165) is 21.4 Å². The van der Waals surface area contributed by atoms with Gasteiger partial charge in [0.15, 0.2) is 0 Å². The van der Waals surface area contributed by atoms with Gasteiger partial charge in [0, 0.05) is 67.2 Å². The van der Waals surface area contributed by atoms with Crippen molar-refractivity contribution in [3.05, 3.63) is 173 Å². The van der Waals surface area contributed by atoms with Crippen molar-refractivity contribution in [2.75, 3.05) is 0 Å². The van der Waals surface area contributed by atoms with Crippen molar-refractivity contribution in [2.45, 2.75) is 92.9 Å². The van der Waals surface area contributed by atoms with Gasteiger partial charge in [-0.3, -0.25) is 9.59 Å². The summed E-state index contributed by atoms with van der Waals surface area (Å²) in [6, 6.07) is 31.0. The van der Waals surface area contributed by atoms with Gasteiger partial charge in [-0.25, -0.2) is 0 Å². The highest BCUT2D eigenvalue weighted by Gasteiger charge is 2.14. The molecule has 0 amide bonds. The molecule has 0 aliphatic carbocycles. The number of hydrogen-bond donors (Lipinski definition) is 0. The van der Waals surface area contributed by atoms with E-state index < -0.39 is 0 Å². The highest BCUT2D eigenvalue weighted by molar-refractivity contribution is 7.15. The molecule has 0 fully saturated rings. The molecule has 8 rings (SSSR count). The molecule has 10 nitrogen and oxygen atoms in total. The molecule has 0 aliphatic heterocycles. The second kappa shape index (κ2) is 21.8. The number of aryl methyl sites for hydroxylation is 2. The van der Waals surface area contributed by atoms with Crippen LogP contribution in [-0.2, 0) is 0 Å². The average Bonchev–Trinajstić information content (AvgIpc) is 4.08. The highest BCUT2D eigenvalue weighted by atomic mass is 32.1. The molecule has 0 unspecified atom stereocenters. The van der Waals surface area contributed by atoms with Gasteiger partial charge in [-0.2, -0.15) is 19.6 Å². The Balaban J connectivity index is 0.000000152. The minimum Gasteiger partial charge on any atom is -0.267 e. The zero-order chi connectivity index (χ0) is 43.3. The van der Waals surface area contributed by atoms with E-state index in [-0.39, 0.29) is 11.1 Å². The number of rotatable bonds is 8. The lowest BCUT2D eigenvalue weighted by atomic mass is 10.2. The Hall–Kier alpha value is -5.28. The van der Waals surface area contributed by atoms with Crippen molar-refractivity contribution in [2.24, 2.45) is 0 Å². The molecule has 0 radical (unpaired) electrons. The zero-order valence-electron chi connectivity index (χ0n) is 35.9. The Bertz CT molecular complexity index is 2670. The minimum absolute atomic E-state index is 0.0808. The van der Waals surface area contributed by atoms with Crippen LogP contribution in [0.1, 0.15) is 110 Å². The zero-order valence-corrected chi connectivity index (χ0v) is 39.1. The van der Waals surface area contributed by atoms with Gasteiger partial charge in [0.1, 0.15) is 15.7 Å². The maximum absolute atomic E-state index is 11.7. The summed E-state index contributed by atoms with van der Waals surface area (Å²) in [5.74, 6) is 2.16. The minimum atomic E-state index is -0.0883. The van der Waals surface area contributed by atoms with Crippen LogP contribution in [-0.4, -0.2) is 29.8 Å². The van der Waals surface area contributed by atoms with E-state index in [9.17, 15) is 9.59 Å². The van der Waals surface area contributed by atoms with Crippen LogP contribution in [0.5, 0.6) is 0 Å². The summed E-state index contributed by atoms with van der Waals surface area (Å²) in [4.78, 5) is 28.5. The fraction of sp³-hybridized carbons (Fsp3) is 0.304. The lowest BCUT2D eigenvalue weighted by molar-refractivity contribution is -0.656. The van der Waals surface area contributed by atoms with Gasteiger partial charge in [-0.05, 0) is 113 Å². The Kier molecular flexibility index (Phi) is 16.7. The molecule has 0 saturated heterocycles. The van der Waals surface area contributed by atoms with Gasteiger partial charge in [0.05, 0.1) is 11.9 Å². The Labute approximate surface area is 368 Å². The second-order valence-electron chi connectivity index (χ2n) is 15.1. The van der Waals surface area contributed by atoms with Crippen LogP contribution >= 0.6 is 45.3 Å². The van der Waals surface area contributed by atoms with E-state index in [1.807, 2.05) is 78.1 Å². The van der Waals surface area contributed by atoms with E-state index in [2.05, 4.69) is 106 Å². The molecular weight excluding hydrogens is 825 g/mol. The van der Waals surface area contributed by atoms with E-state index in [4.69, 9.17) is 0 Å². The third-order valence-electron chi connectivity index (χ3n) is 8.69. The fourth-order valence-corrected chi connectivity index (χ4v) is 9.19. The van der Waals surface area contributed by atoms with Crippen molar-refractivity contribution < 1.29 is 9.36 Å². The first-order chi connectivity index (χ1) is 28.7. The molecule has 8 heterocycles. The SMILES string of the molecule is CC(C)c1ccc(-[n+]2ccccn2)s1.CC(C)c1ccc(-n2ncccc2=O)s1.Cc1ccc(=O)n(-c2ccc(C(C)C)s2)n1.Cc1ccc[n+](-c2ccc(C(C)C)s2)n1. The van der Waals surface area contributed by atoms with Crippen LogP contribution in [0, 0.1) is 13.8 Å². The predicted octanol–water partition coefficient (Wildman–Crippen LogP) is 10.5. The molecule has 14 heteroatoms. The first kappa shape index (κ1) is 45.8. The quantitative estimate of drug-likeness (QED) is 0.141. The molecule has 0 aliphatic rings. The molecule has 0 aromatic carbocycles. The first-order valence-electron chi connectivity index (χ1n) is 19.9. The van der Waals surface area contributed by atoms with E-state index in [1.165, 1.54) is 44.9 Å². The van der Waals surface area contributed by atoms with Crippen LogP contribution in [0.2, 0.25) is 0 Å². The summed E-state index contributed by atoms with van der Waals surface area (Å²) in [5, 5.41) is 21.1. The fourth-order valence-electron chi connectivity index (χ4n) is 5.35.